The summed E-state index contributed by atoms with van der Waals surface area (Å²) >= 11 is 0. The van der Waals surface area contributed by atoms with Gasteiger partial charge in [0.2, 0.25) is 0 Å². The van der Waals surface area contributed by atoms with Gasteiger partial charge in [0.15, 0.2) is 6.29 Å². The van der Waals surface area contributed by atoms with Gasteiger partial charge in [0.25, 0.3) is 0 Å². The Kier molecular flexibility index (Phi) is 10.6. The van der Waals surface area contributed by atoms with Crippen molar-refractivity contribution in [2.24, 2.45) is 5.92 Å². The summed E-state index contributed by atoms with van der Waals surface area (Å²) in [7, 11) is 0. The molecule has 3 aromatic rings. The fourth-order valence-corrected chi connectivity index (χ4v) is 5.95. The van der Waals surface area contributed by atoms with Crippen molar-refractivity contribution < 1.29 is 29.2 Å². The van der Waals surface area contributed by atoms with E-state index in [4.69, 9.17) is 14.2 Å². The van der Waals surface area contributed by atoms with Crippen molar-refractivity contribution >= 4 is 6.09 Å². The molecule has 2 fully saturated rings. The van der Waals surface area contributed by atoms with Crippen LogP contribution in [0.25, 0.3) is 11.1 Å². The Morgan fingerprint density at radius 3 is 2.51 bits per heavy atom. The largest absolute Gasteiger partial charge is 0.445 e. The molecule has 0 aromatic heterocycles. The lowest BCUT2D eigenvalue weighted by molar-refractivity contribution is -0.276. The molecule has 228 valence electrons. The Hall–Kier alpha value is -3.53. The maximum atomic E-state index is 11.8. The molecule has 1 amide bonds. The fourth-order valence-electron chi connectivity index (χ4n) is 5.95. The topological polar surface area (TPSA) is 100 Å². The van der Waals surface area contributed by atoms with Crippen molar-refractivity contribution in [2.75, 3.05) is 26.3 Å². The molecule has 0 radical (unpaired) electrons. The molecule has 2 aliphatic rings. The lowest BCUT2D eigenvalue weighted by Gasteiger charge is -2.43. The van der Waals surface area contributed by atoms with Gasteiger partial charge in [0.1, 0.15) is 6.61 Å². The zero-order valence-corrected chi connectivity index (χ0v) is 24.7. The predicted molar refractivity (Wildman–Crippen MR) is 165 cm³/mol. The monoisotopic (exact) mass is 586 g/mol. The lowest BCUT2D eigenvalue weighted by atomic mass is 9.89. The number of alkyl carbamates (subject to hydrolysis) is 1. The number of carbonyl (C=O) groups excluding carboxylic acids is 1. The Labute approximate surface area is 253 Å². The average Bonchev–Trinajstić information content (AvgIpc) is 3.51. The highest BCUT2D eigenvalue weighted by Gasteiger charge is 2.40. The maximum Gasteiger partial charge on any atom is 0.407 e. The summed E-state index contributed by atoms with van der Waals surface area (Å²) in [5, 5.41) is 22.2. The Morgan fingerprint density at radius 2 is 1.79 bits per heavy atom. The molecule has 3 N–H and O–H groups in total. The minimum atomic E-state index is -0.551. The number of benzene rings is 3. The third-order valence-electron chi connectivity index (χ3n) is 8.46. The Bertz CT molecular complexity index is 1350. The Balaban J connectivity index is 1.33. The first-order valence-electron chi connectivity index (χ1n) is 15.1. The molecule has 8 nitrogen and oxygen atoms in total. The summed E-state index contributed by atoms with van der Waals surface area (Å²) in [6.45, 7) is 8.10. The second-order valence-electron chi connectivity index (χ2n) is 11.4. The highest BCUT2D eigenvalue weighted by Crippen LogP contribution is 2.42. The first-order valence-corrected chi connectivity index (χ1v) is 15.1. The normalized spacial score (nSPS) is 24.0. The number of nitrogens with one attached hydrogen (secondary N) is 1. The van der Waals surface area contributed by atoms with Gasteiger partial charge in [-0.2, -0.15) is 0 Å². The molecule has 5 rings (SSSR count). The van der Waals surface area contributed by atoms with Gasteiger partial charge in [-0.3, -0.25) is 4.90 Å². The number of hydrogen-bond donors (Lipinski definition) is 3. The van der Waals surface area contributed by atoms with Crippen LogP contribution in [0.1, 0.15) is 54.4 Å². The van der Waals surface area contributed by atoms with E-state index in [1.807, 2.05) is 60.7 Å². The zero-order chi connectivity index (χ0) is 30.2. The predicted octanol–water partition coefficient (Wildman–Crippen LogP) is 5.51. The number of nitrogens with zero attached hydrogens (tertiary/aromatic N) is 1. The molecular formula is C35H42N2O6. The van der Waals surface area contributed by atoms with Gasteiger partial charge in [-0.1, -0.05) is 86.3 Å². The molecule has 43 heavy (non-hydrogen) atoms. The second-order valence-corrected chi connectivity index (χ2v) is 11.4. The van der Waals surface area contributed by atoms with Gasteiger partial charge in [-0.05, 0) is 53.3 Å². The van der Waals surface area contributed by atoms with E-state index in [2.05, 4.69) is 35.9 Å². The van der Waals surface area contributed by atoms with Crippen LogP contribution in [0.15, 0.2) is 85.5 Å². The first kappa shape index (κ1) is 30.9. The summed E-state index contributed by atoms with van der Waals surface area (Å²) in [5.74, 6) is 0.0841. The summed E-state index contributed by atoms with van der Waals surface area (Å²) in [5.41, 5.74) is 5.89. The SMILES string of the molecule is C=CCOC(=O)NCc1cccc(-c2ccc([C@@H]3O[C@H](CN4CCC[C@H]4CO)[C@H](C)[C@H](c4ccc(CO)cc4)O3)cc2)c1. The molecule has 8 heteroatoms. The van der Waals surface area contributed by atoms with Gasteiger partial charge in [0, 0.05) is 30.6 Å². The number of aliphatic hydroxyl groups is 2. The molecule has 3 aromatic carbocycles. The van der Waals surface area contributed by atoms with Crippen LogP contribution in [0.5, 0.6) is 0 Å². The molecule has 0 bridgehead atoms. The van der Waals surface area contributed by atoms with Crippen molar-refractivity contribution in [2.45, 2.75) is 57.5 Å². The summed E-state index contributed by atoms with van der Waals surface area (Å²) in [6, 6.07) is 24.4. The van der Waals surface area contributed by atoms with E-state index in [1.54, 1.807) is 0 Å². The lowest BCUT2D eigenvalue weighted by Crippen LogP contribution is -2.46. The molecule has 0 aliphatic carbocycles. The van der Waals surface area contributed by atoms with Crippen LogP contribution in [0.4, 0.5) is 4.79 Å². The van der Waals surface area contributed by atoms with Gasteiger partial charge < -0.3 is 29.7 Å². The first-order chi connectivity index (χ1) is 21.0. The molecular weight excluding hydrogens is 544 g/mol. The van der Waals surface area contributed by atoms with Gasteiger partial charge >= 0.3 is 6.09 Å². The third-order valence-corrected chi connectivity index (χ3v) is 8.46. The van der Waals surface area contributed by atoms with Crippen LogP contribution in [-0.4, -0.2) is 59.7 Å². The minimum Gasteiger partial charge on any atom is -0.445 e. The van der Waals surface area contributed by atoms with E-state index in [0.29, 0.717) is 6.54 Å². The van der Waals surface area contributed by atoms with Crippen LogP contribution in [-0.2, 0) is 27.4 Å². The van der Waals surface area contributed by atoms with Crippen molar-refractivity contribution in [3.05, 3.63) is 108 Å². The summed E-state index contributed by atoms with van der Waals surface area (Å²) in [6.07, 6.45) is 2.31. The number of rotatable bonds is 11. The van der Waals surface area contributed by atoms with E-state index in [1.165, 1.54) is 6.08 Å². The highest BCUT2D eigenvalue weighted by atomic mass is 16.7. The molecule has 5 atom stereocenters. The van der Waals surface area contributed by atoms with E-state index < -0.39 is 12.4 Å². The zero-order valence-electron chi connectivity index (χ0n) is 24.7. The fraction of sp³-hybridized carbons (Fsp3) is 0.400. The maximum absolute atomic E-state index is 11.8. The minimum absolute atomic E-state index is 0.00126. The van der Waals surface area contributed by atoms with Gasteiger partial charge in [-0.25, -0.2) is 4.79 Å². The van der Waals surface area contributed by atoms with Crippen LogP contribution in [0.2, 0.25) is 0 Å². The molecule has 2 aliphatic heterocycles. The van der Waals surface area contributed by atoms with Crippen molar-refractivity contribution in [3.8, 4) is 11.1 Å². The molecule has 2 heterocycles. The van der Waals surface area contributed by atoms with Gasteiger partial charge in [-0.15, -0.1) is 0 Å². The third kappa shape index (κ3) is 7.71. The summed E-state index contributed by atoms with van der Waals surface area (Å²) in [4.78, 5) is 14.1. The van der Waals surface area contributed by atoms with Gasteiger partial charge in [0.05, 0.1) is 25.4 Å². The number of aliphatic hydroxyl groups excluding tert-OH is 2. The number of likely N-dealkylation sites (tertiary alicyclic amines) is 1. The molecule has 0 spiro atoms. The number of hydrogen-bond acceptors (Lipinski definition) is 7. The number of ether oxygens (including phenoxy) is 3. The van der Waals surface area contributed by atoms with E-state index >= 15 is 0 Å². The average molecular weight is 587 g/mol. The van der Waals surface area contributed by atoms with Crippen LogP contribution >= 0.6 is 0 Å². The van der Waals surface area contributed by atoms with Crippen molar-refractivity contribution in [1.29, 1.82) is 0 Å². The van der Waals surface area contributed by atoms with E-state index in [9.17, 15) is 15.0 Å². The quantitative estimate of drug-likeness (QED) is 0.255. The Morgan fingerprint density at radius 1 is 1.02 bits per heavy atom. The van der Waals surface area contributed by atoms with Crippen LogP contribution in [0, 0.1) is 5.92 Å². The van der Waals surface area contributed by atoms with Crippen LogP contribution in [0.3, 0.4) is 0 Å². The standard InChI is InChI=1S/C35H42N2O6/c1-3-18-41-35(40)36-20-26-6-4-7-30(19-26)27-13-15-29(16-14-27)34-42-32(21-37-17-5-8-31(37)23-39)24(2)33(43-34)28-11-9-25(22-38)10-12-28/h3-4,6-7,9-16,19,24,31-34,38-39H,1,5,8,17-18,20-23H2,2H3,(H,36,40)/t24-,31-,32+,33+,34+/m0/s1. The van der Waals surface area contributed by atoms with Crippen molar-refractivity contribution in [3.63, 3.8) is 0 Å². The second kappa shape index (κ2) is 14.8. The van der Waals surface area contributed by atoms with Crippen LogP contribution < -0.4 is 5.32 Å². The van der Waals surface area contributed by atoms with E-state index in [-0.39, 0.29) is 44.0 Å². The number of amides is 1. The molecule has 0 saturated carbocycles. The molecule has 0 unspecified atom stereocenters. The highest BCUT2D eigenvalue weighted by molar-refractivity contribution is 5.68. The summed E-state index contributed by atoms with van der Waals surface area (Å²) < 4.78 is 18.3. The molecule has 2 saturated heterocycles. The smallest absolute Gasteiger partial charge is 0.407 e. The van der Waals surface area contributed by atoms with E-state index in [0.717, 1.165) is 59.3 Å². The number of carbonyl (C=O) groups is 1. The van der Waals surface area contributed by atoms with Crippen molar-refractivity contribution in [1.82, 2.24) is 10.2 Å².